The predicted octanol–water partition coefficient (Wildman–Crippen LogP) is 3.35. The normalized spacial score (nSPS) is 14.0. The molecule has 0 saturated carbocycles. The van der Waals surface area contributed by atoms with Crippen LogP contribution < -0.4 is 0 Å². The van der Waals surface area contributed by atoms with Crippen LogP contribution in [0.15, 0.2) is 65.7 Å². The van der Waals surface area contributed by atoms with Crippen LogP contribution >= 0.6 is 0 Å². The Balaban J connectivity index is 1.83. The number of Topliss-reactive ketones (excluding diaryl/α,β-unsaturated/α-hetero) is 2. The van der Waals surface area contributed by atoms with Crippen LogP contribution in [0.25, 0.3) is 0 Å². The van der Waals surface area contributed by atoms with Gasteiger partial charge in [-0.15, -0.1) is 0 Å². The molecule has 2 aromatic rings. The molecule has 0 aliphatic heterocycles. The molecule has 0 radical (unpaired) electrons. The van der Waals surface area contributed by atoms with Crippen molar-refractivity contribution < 1.29 is 14.4 Å². The minimum atomic E-state index is -0.403. The zero-order valence-electron chi connectivity index (χ0n) is 12.5. The molecule has 0 N–H and O–H groups in total. The molecule has 0 unspecified atom stereocenters. The molecule has 0 fully saturated rings. The van der Waals surface area contributed by atoms with Crippen molar-refractivity contribution in [2.45, 2.75) is 12.2 Å². The fourth-order valence-electron chi connectivity index (χ4n) is 2.52. The molecule has 0 heterocycles. The first kappa shape index (κ1) is 15.6. The Hall–Kier alpha value is -2.29. The molecule has 0 amide bonds. The quantitative estimate of drug-likeness (QED) is 0.777. The molecule has 0 saturated heterocycles. The number of hydrogen-bond donors (Lipinski definition) is 0. The minimum absolute atomic E-state index is 0.0394. The van der Waals surface area contributed by atoms with E-state index in [2.05, 4.69) is 0 Å². The van der Waals surface area contributed by atoms with E-state index in [0.29, 0.717) is 33.2 Å². The fraction of sp³-hybridized carbons (Fsp3) is 0.105. The van der Waals surface area contributed by atoms with E-state index >= 15 is 0 Å². The van der Waals surface area contributed by atoms with E-state index in [4.69, 9.17) is 0 Å². The summed E-state index contributed by atoms with van der Waals surface area (Å²) in [5.74, 6) is -0.237. The van der Waals surface area contributed by atoms with E-state index in [1.165, 1.54) is 0 Å². The summed E-state index contributed by atoms with van der Waals surface area (Å²) in [6.45, 7) is 1.68. The molecule has 1 aliphatic carbocycles. The predicted molar refractivity (Wildman–Crippen MR) is 89.1 cm³/mol. The first-order valence-electron chi connectivity index (χ1n) is 7.20. The molecular formula is C19H14O3Se. The Kier molecular flexibility index (Phi) is 4.37. The van der Waals surface area contributed by atoms with Gasteiger partial charge in [-0.3, -0.25) is 0 Å². The van der Waals surface area contributed by atoms with Crippen molar-refractivity contribution in [1.82, 2.24) is 0 Å². The van der Waals surface area contributed by atoms with Gasteiger partial charge >= 0.3 is 140 Å². The number of allylic oxidation sites excluding steroid dienone is 2. The SMILES string of the molecule is CC1=C(C[Se]C(=O)c2ccccc2)C(=O)c2ccccc2C1=O. The summed E-state index contributed by atoms with van der Waals surface area (Å²) in [6, 6.07) is 15.9. The van der Waals surface area contributed by atoms with Crippen molar-refractivity contribution in [2.24, 2.45) is 0 Å². The molecule has 0 atom stereocenters. The number of rotatable bonds is 4. The summed E-state index contributed by atoms with van der Waals surface area (Å²) >= 11 is -0.403. The standard InChI is InChI=1S/C19H14O3Se/c1-12-16(11-23-19(22)13-7-3-2-4-8-13)18(21)15-10-6-5-9-14(15)17(12)20/h2-10H,11H2,1H3. The Labute approximate surface area is 140 Å². The van der Waals surface area contributed by atoms with Gasteiger partial charge in [0.15, 0.2) is 0 Å². The van der Waals surface area contributed by atoms with Gasteiger partial charge in [0.1, 0.15) is 0 Å². The van der Waals surface area contributed by atoms with Crippen LogP contribution in [0, 0.1) is 0 Å². The Bertz CT molecular complexity index is 835. The zero-order valence-corrected chi connectivity index (χ0v) is 14.2. The molecule has 3 nitrogen and oxygen atoms in total. The van der Waals surface area contributed by atoms with E-state index in [1.54, 1.807) is 43.3 Å². The van der Waals surface area contributed by atoms with Gasteiger partial charge in [0.25, 0.3) is 0 Å². The molecule has 2 aromatic carbocycles. The molecule has 0 aromatic heterocycles. The van der Waals surface area contributed by atoms with Crippen LogP contribution in [-0.2, 0) is 0 Å². The summed E-state index contributed by atoms with van der Waals surface area (Å²) in [7, 11) is 0. The third-order valence-electron chi connectivity index (χ3n) is 3.84. The summed E-state index contributed by atoms with van der Waals surface area (Å²) < 4.78 is 0.0394. The first-order chi connectivity index (χ1) is 11.1. The van der Waals surface area contributed by atoms with E-state index in [9.17, 15) is 14.4 Å². The number of carbonyl (C=O) groups excluding carboxylic acids is 3. The maximum atomic E-state index is 12.6. The van der Waals surface area contributed by atoms with Gasteiger partial charge in [-0.2, -0.15) is 0 Å². The summed E-state index contributed by atoms with van der Waals surface area (Å²) in [4.78, 5) is 37.2. The van der Waals surface area contributed by atoms with Crippen molar-refractivity contribution in [3.8, 4) is 0 Å². The fourth-order valence-corrected chi connectivity index (χ4v) is 4.46. The Morgan fingerprint density at radius 1 is 0.870 bits per heavy atom. The molecule has 1 aliphatic rings. The number of hydrogen-bond acceptors (Lipinski definition) is 3. The summed E-state index contributed by atoms with van der Waals surface area (Å²) in [5.41, 5.74) is 2.51. The summed E-state index contributed by atoms with van der Waals surface area (Å²) in [6.07, 6.45) is 0. The molecular weight excluding hydrogens is 355 g/mol. The average molecular weight is 369 g/mol. The van der Waals surface area contributed by atoms with Crippen molar-refractivity contribution >= 4 is 31.2 Å². The van der Waals surface area contributed by atoms with Crippen LogP contribution in [0.3, 0.4) is 0 Å². The van der Waals surface area contributed by atoms with E-state index in [1.807, 2.05) is 18.2 Å². The Morgan fingerprint density at radius 3 is 2.09 bits per heavy atom. The number of benzene rings is 2. The second kappa shape index (κ2) is 6.45. The van der Waals surface area contributed by atoms with Crippen LogP contribution in [0.1, 0.15) is 38.0 Å². The molecule has 3 rings (SSSR count). The first-order valence-corrected chi connectivity index (χ1v) is 9.26. The van der Waals surface area contributed by atoms with Gasteiger partial charge in [-0.1, -0.05) is 0 Å². The van der Waals surface area contributed by atoms with Gasteiger partial charge in [0.05, 0.1) is 0 Å². The molecule has 0 spiro atoms. The van der Waals surface area contributed by atoms with Crippen LogP contribution in [0.4, 0.5) is 0 Å². The van der Waals surface area contributed by atoms with Gasteiger partial charge < -0.3 is 0 Å². The van der Waals surface area contributed by atoms with E-state index < -0.39 is 15.0 Å². The summed E-state index contributed by atoms with van der Waals surface area (Å²) in [5, 5.41) is 0.353. The zero-order chi connectivity index (χ0) is 16.4. The number of carbonyl (C=O) groups is 3. The molecule has 4 heteroatoms. The van der Waals surface area contributed by atoms with Crippen LogP contribution in [-0.4, -0.2) is 31.2 Å². The third kappa shape index (κ3) is 2.96. The monoisotopic (exact) mass is 370 g/mol. The number of ketones is 2. The molecule has 23 heavy (non-hydrogen) atoms. The van der Waals surface area contributed by atoms with Crippen LogP contribution in [0.2, 0.25) is 5.32 Å². The van der Waals surface area contributed by atoms with Crippen LogP contribution in [0.5, 0.6) is 0 Å². The van der Waals surface area contributed by atoms with Gasteiger partial charge in [0.2, 0.25) is 0 Å². The molecule has 0 bridgehead atoms. The van der Waals surface area contributed by atoms with Gasteiger partial charge in [-0.05, 0) is 0 Å². The Morgan fingerprint density at radius 2 is 1.43 bits per heavy atom. The van der Waals surface area contributed by atoms with Crippen molar-refractivity contribution in [2.75, 3.05) is 0 Å². The molecule has 114 valence electrons. The van der Waals surface area contributed by atoms with Gasteiger partial charge in [-0.25, -0.2) is 0 Å². The van der Waals surface area contributed by atoms with Crippen molar-refractivity contribution in [3.05, 3.63) is 82.4 Å². The third-order valence-corrected chi connectivity index (χ3v) is 5.79. The van der Waals surface area contributed by atoms with E-state index in [0.717, 1.165) is 0 Å². The second-order valence-corrected chi connectivity index (χ2v) is 7.24. The second-order valence-electron chi connectivity index (χ2n) is 5.25. The average Bonchev–Trinajstić information content (AvgIpc) is 2.60. The maximum absolute atomic E-state index is 12.6. The van der Waals surface area contributed by atoms with Gasteiger partial charge in [0, 0.05) is 0 Å². The topological polar surface area (TPSA) is 51.2 Å². The number of fused-ring (bicyclic) bond motifs is 1. The van der Waals surface area contributed by atoms with Crippen molar-refractivity contribution in [1.29, 1.82) is 0 Å². The van der Waals surface area contributed by atoms with E-state index in [-0.39, 0.29) is 16.2 Å². The van der Waals surface area contributed by atoms with Crippen molar-refractivity contribution in [3.63, 3.8) is 0 Å².